The molecular weight excluding hydrogens is 370 g/mol. The Hall–Kier alpha value is -3.16. The van der Waals surface area contributed by atoms with Crippen LogP contribution in [-0.2, 0) is 19.8 Å². The molecule has 2 aromatic rings. The minimum atomic E-state index is -1.15. The zero-order valence-corrected chi connectivity index (χ0v) is 16.0. The van der Waals surface area contributed by atoms with E-state index in [4.69, 9.17) is 0 Å². The van der Waals surface area contributed by atoms with Gasteiger partial charge in [0.15, 0.2) is 0 Å². The first-order valence-electron chi connectivity index (χ1n) is 10.1. The number of fused-ring (bicyclic) bond motifs is 4. The van der Waals surface area contributed by atoms with Gasteiger partial charge in [-0.1, -0.05) is 37.5 Å². The highest BCUT2D eigenvalue weighted by Crippen LogP contribution is 2.51. The molecule has 8 nitrogen and oxygen atoms in total. The molecule has 3 heterocycles. The number of nitrogens with one attached hydrogen (secondary N) is 3. The molecule has 2 aliphatic heterocycles. The number of nitrogens with zero attached hydrogens (tertiary/aromatic N) is 2. The number of hydrogen-bond acceptors (Lipinski definition) is 4. The number of para-hydroxylation sites is 1. The van der Waals surface area contributed by atoms with Crippen molar-refractivity contribution in [2.75, 3.05) is 16.8 Å². The molecule has 1 saturated carbocycles. The van der Waals surface area contributed by atoms with Crippen molar-refractivity contribution in [2.45, 2.75) is 50.0 Å². The zero-order chi connectivity index (χ0) is 20.0. The summed E-state index contributed by atoms with van der Waals surface area (Å²) in [4.78, 5) is 40.4. The van der Waals surface area contributed by atoms with Crippen molar-refractivity contribution in [1.29, 1.82) is 0 Å². The van der Waals surface area contributed by atoms with Gasteiger partial charge in [0.1, 0.15) is 17.8 Å². The number of rotatable bonds is 3. The quantitative estimate of drug-likeness (QED) is 0.739. The molecular formula is C21H23N5O3. The predicted molar refractivity (Wildman–Crippen MR) is 106 cm³/mol. The molecule has 1 aromatic carbocycles. The number of aromatic nitrogens is 2. The maximum Gasteiger partial charge on any atom is 0.243 e. The number of H-pyrrole nitrogens is 1. The summed E-state index contributed by atoms with van der Waals surface area (Å²) >= 11 is 0. The molecule has 0 unspecified atom stereocenters. The normalized spacial score (nSPS) is 23.7. The van der Waals surface area contributed by atoms with Crippen molar-refractivity contribution in [2.24, 2.45) is 0 Å². The van der Waals surface area contributed by atoms with Gasteiger partial charge in [-0.05, 0) is 24.5 Å². The summed E-state index contributed by atoms with van der Waals surface area (Å²) in [6.07, 6.45) is 7.01. The van der Waals surface area contributed by atoms with E-state index in [2.05, 4.69) is 20.8 Å². The Bertz CT molecular complexity index is 994. The predicted octanol–water partition coefficient (Wildman–Crippen LogP) is 1.83. The highest BCUT2D eigenvalue weighted by Gasteiger charge is 2.56. The Kier molecular flexibility index (Phi) is 4.15. The fourth-order valence-electron chi connectivity index (χ4n) is 5.00. The van der Waals surface area contributed by atoms with E-state index >= 15 is 0 Å². The fourth-order valence-corrected chi connectivity index (χ4v) is 5.00. The van der Waals surface area contributed by atoms with E-state index in [-0.39, 0.29) is 36.7 Å². The van der Waals surface area contributed by atoms with E-state index in [1.807, 2.05) is 24.3 Å². The van der Waals surface area contributed by atoms with Crippen LogP contribution in [0.15, 0.2) is 30.5 Å². The van der Waals surface area contributed by atoms with Crippen molar-refractivity contribution >= 4 is 29.2 Å². The Morgan fingerprint density at radius 1 is 1.17 bits per heavy atom. The second-order valence-corrected chi connectivity index (χ2v) is 8.10. The van der Waals surface area contributed by atoms with Crippen LogP contribution in [0.5, 0.6) is 0 Å². The summed E-state index contributed by atoms with van der Waals surface area (Å²) < 4.78 is 0. The summed E-state index contributed by atoms with van der Waals surface area (Å²) in [6, 6.07) is 7.57. The largest absolute Gasteiger partial charge is 0.352 e. The van der Waals surface area contributed by atoms with Crippen LogP contribution in [0.4, 0.5) is 11.5 Å². The first kappa shape index (κ1) is 17.9. The Morgan fingerprint density at radius 3 is 2.79 bits per heavy atom. The van der Waals surface area contributed by atoms with E-state index in [1.165, 1.54) is 11.3 Å². The SMILES string of the molecule is O=C1C[C@]2(C(=O)N(CC(=O)NC3CCCCC3)c3ccccc32)c2cn[nH]c2N1. The molecule has 29 heavy (non-hydrogen) atoms. The standard InChI is InChI=1S/C21H23N5O3/c27-17-10-21(15-11-22-25-19(15)24-17)14-8-4-5-9-16(14)26(20(21)29)12-18(28)23-13-6-2-1-3-7-13/h4-5,8-9,11,13H,1-3,6-7,10,12H2,(H,23,28)(H2,22,24,25,27)/t21-/m1/s1. The smallest absolute Gasteiger partial charge is 0.243 e. The van der Waals surface area contributed by atoms with Gasteiger partial charge in [0.25, 0.3) is 0 Å². The molecule has 3 N–H and O–H groups in total. The highest BCUT2D eigenvalue weighted by atomic mass is 16.2. The van der Waals surface area contributed by atoms with Gasteiger partial charge in [-0.15, -0.1) is 0 Å². The lowest BCUT2D eigenvalue weighted by molar-refractivity contribution is -0.128. The monoisotopic (exact) mass is 393 g/mol. The van der Waals surface area contributed by atoms with Crippen LogP contribution in [0, 0.1) is 0 Å². The minimum absolute atomic E-state index is 0.00385. The molecule has 1 fully saturated rings. The second kappa shape index (κ2) is 6.72. The summed E-state index contributed by atoms with van der Waals surface area (Å²) in [5.41, 5.74) is 0.919. The molecule has 0 radical (unpaired) electrons. The first-order valence-corrected chi connectivity index (χ1v) is 10.1. The molecule has 1 aromatic heterocycles. The maximum atomic E-state index is 13.7. The van der Waals surface area contributed by atoms with E-state index in [0.717, 1.165) is 31.2 Å². The van der Waals surface area contributed by atoms with Crippen LogP contribution >= 0.6 is 0 Å². The minimum Gasteiger partial charge on any atom is -0.352 e. The number of aromatic amines is 1. The molecule has 3 amide bonds. The number of benzene rings is 1. The molecule has 1 spiro atoms. The Morgan fingerprint density at radius 2 is 1.97 bits per heavy atom. The van der Waals surface area contributed by atoms with Gasteiger partial charge in [-0.25, -0.2) is 0 Å². The van der Waals surface area contributed by atoms with Crippen LogP contribution in [0.2, 0.25) is 0 Å². The topological polar surface area (TPSA) is 107 Å². The van der Waals surface area contributed by atoms with Crippen LogP contribution < -0.4 is 15.5 Å². The average molecular weight is 393 g/mol. The third kappa shape index (κ3) is 2.73. The summed E-state index contributed by atoms with van der Waals surface area (Å²) in [6.45, 7) is -0.0527. The Labute approximate surface area is 168 Å². The van der Waals surface area contributed by atoms with Crippen molar-refractivity contribution in [1.82, 2.24) is 15.5 Å². The molecule has 0 bridgehead atoms. The fraction of sp³-hybridized carbons (Fsp3) is 0.429. The zero-order valence-electron chi connectivity index (χ0n) is 16.0. The van der Waals surface area contributed by atoms with Crippen LogP contribution in [0.3, 0.4) is 0 Å². The van der Waals surface area contributed by atoms with Crippen molar-refractivity contribution < 1.29 is 14.4 Å². The van der Waals surface area contributed by atoms with Gasteiger partial charge >= 0.3 is 0 Å². The lowest BCUT2D eigenvalue weighted by Gasteiger charge is -2.32. The Balaban J connectivity index is 1.49. The van der Waals surface area contributed by atoms with Gasteiger partial charge in [-0.2, -0.15) is 5.10 Å². The van der Waals surface area contributed by atoms with Gasteiger partial charge in [0.05, 0.1) is 6.20 Å². The molecule has 1 atom stereocenters. The molecule has 5 rings (SSSR count). The average Bonchev–Trinajstić information content (AvgIpc) is 3.27. The molecule has 150 valence electrons. The molecule has 0 saturated heterocycles. The molecule has 1 aliphatic carbocycles. The first-order chi connectivity index (χ1) is 14.1. The van der Waals surface area contributed by atoms with Crippen LogP contribution in [0.25, 0.3) is 0 Å². The number of amides is 3. The van der Waals surface area contributed by atoms with E-state index in [1.54, 1.807) is 6.20 Å². The van der Waals surface area contributed by atoms with Gasteiger partial charge in [0, 0.05) is 23.7 Å². The lowest BCUT2D eigenvalue weighted by Crippen LogP contribution is -2.49. The number of carbonyl (C=O) groups excluding carboxylic acids is 3. The van der Waals surface area contributed by atoms with Crippen LogP contribution in [-0.4, -0.2) is 40.5 Å². The number of carbonyl (C=O) groups is 3. The summed E-state index contributed by atoms with van der Waals surface area (Å²) in [5, 5.41) is 12.6. The molecule has 8 heteroatoms. The molecule has 3 aliphatic rings. The third-order valence-corrected chi connectivity index (χ3v) is 6.33. The van der Waals surface area contributed by atoms with Crippen molar-refractivity contribution in [3.8, 4) is 0 Å². The summed E-state index contributed by atoms with van der Waals surface area (Å²) in [5.74, 6) is -0.226. The van der Waals surface area contributed by atoms with Gasteiger partial charge in [-0.3, -0.25) is 19.5 Å². The van der Waals surface area contributed by atoms with Gasteiger partial charge < -0.3 is 15.5 Å². The lowest BCUT2D eigenvalue weighted by atomic mass is 9.72. The van der Waals surface area contributed by atoms with E-state index < -0.39 is 5.41 Å². The van der Waals surface area contributed by atoms with Gasteiger partial charge in [0.2, 0.25) is 17.7 Å². The highest BCUT2D eigenvalue weighted by molar-refractivity contribution is 6.17. The summed E-state index contributed by atoms with van der Waals surface area (Å²) in [7, 11) is 0. The van der Waals surface area contributed by atoms with Crippen molar-refractivity contribution in [3.05, 3.63) is 41.6 Å². The number of anilines is 2. The second-order valence-electron chi connectivity index (χ2n) is 8.10. The van der Waals surface area contributed by atoms with Crippen molar-refractivity contribution in [3.63, 3.8) is 0 Å². The maximum absolute atomic E-state index is 13.7. The third-order valence-electron chi connectivity index (χ3n) is 6.33. The van der Waals surface area contributed by atoms with Crippen LogP contribution in [0.1, 0.15) is 49.7 Å². The number of hydrogen-bond donors (Lipinski definition) is 3. The van der Waals surface area contributed by atoms with E-state index in [0.29, 0.717) is 17.1 Å². The van der Waals surface area contributed by atoms with E-state index in [9.17, 15) is 14.4 Å².